The van der Waals surface area contributed by atoms with Gasteiger partial charge in [0, 0.05) is 90.4 Å². The minimum absolute atomic E-state index is 0.268. The average Bonchev–Trinajstić information content (AvgIpc) is 2.78. The van der Waals surface area contributed by atoms with Crippen molar-refractivity contribution in [3.8, 4) is 0 Å². The van der Waals surface area contributed by atoms with Crippen molar-refractivity contribution in [2.75, 3.05) is 13.2 Å². The Hall–Kier alpha value is 0.280. The molecule has 160 valence electrons. The summed E-state index contributed by atoms with van der Waals surface area (Å²) in [6, 6.07) is 13.4. The van der Waals surface area contributed by atoms with E-state index in [-0.39, 0.29) is 6.04 Å². The standard InChI is InChI=1S/C21H22ClI2N3OS2/c1-2-28-21-12-19(14-6-8-25-9-7-14)27(30-24)20-11-18(26(29-23)13-17(20)21)15-4-3-5-16(22)10-15/h3-10,18-20H,2,11-13H2,1H3/t18-,19-,20-/m0/s1. The third-order valence-electron chi connectivity index (χ3n) is 5.69. The fourth-order valence-electron chi connectivity index (χ4n) is 4.36. The summed E-state index contributed by atoms with van der Waals surface area (Å²) in [5.41, 5.74) is 3.97. The number of halogens is 3. The molecule has 0 spiro atoms. The van der Waals surface area contributed by atoms with Crippen molar-refractivity contribution >= 4 is 72.3 Å². The molecule has 2 aromatic rings. The molecule has 0 amide bonds. The Morgan fingerprint density at radius 3 is 2.57 bits per heavy atom. The van der Waals surface area contributed by atoms with Crippen molar-refractivity contribution in [1.29, 1.82) is 0 Å². The second-order valence-corrected chi connectivity index (χ2v) is 11.2. The van der Waals surface area contributed by atoms with Crippen molar-refractivity contribution in [3.63, 3.8) is 0 Å². The molecule has 0 N–H and O–H groups in total. The van der Waals surface area contributed by atoms with Crippen molar-refractivity contribution in [3.05, 3.63) is 76.3 Å². The van der Waals surface area contributed by atoms with E-state index in [1.165, 1.54) is 16.7 Å². The van der Waals surface area contributed by atoms with Crippen LogP contribution in [-0.4, -0.2) is 32.8 Å². The Morgan fingerprint density at radius 2 is 1.90 bits per heavy atom. The largest absolute Gasteiger partial charge is 0.498 e. The highest BCUT2D eigenvalue weighted by molar-refractivity contribution is 14.2. The molecule has 2 aliphatic heterocycles. The van der Waals surface area contributed by atoms with Crippen LogP contribution in [0.25, 0.3) is 0 Å². The molecule has 0 bridgehead atoms. The molecule has 1 aromatic carbocycles. The topological polar surface area (TPSA) is 28.6 Å². The number of benzene rings is 1. The summed E-state index contributed by atoms with van der Waals surface area (Å²) in [4.78, 5) is 4.22. The molecule has 3 heterocycles. The molecular weight excluding hydrogens is 664 g/mol. The van der Waals surface area contributed by atoms with E-state index in [0.717, 1.165) is 30.2 Å². The zero-order valence-electron chi connectivity index (χ0n) is 16.4. The molecule has 1 aromatic heterocycles. The van der Waals surface area contributed by atoms with Gasteiger partial charge in [0.2, 0.25) is 0 Å². The Kier molecular flexibility index (Phi) is 8.54. The number of aromatic nitrogens is 1. The second-order valence-electron chi connectivity index (χ2n) is 7.28. The molecule has 0 unspecified atom stereocenters. The monoisotopic (exact) mass is 685 g/mol. The SMILES string of the molecule is CCOC1=C2CN(SI)[C@H](c3cccc(Cl)c3)C[C@@H]2N(SI)[C@H](c2ccncc2)C1. The fourth-order valence-corrected chi connectivity index (χ4v) is 8.54. The van der Waals surface area contributed by atoms with E-state index in [4.69, 9.17) is 16.3 Å². The molecule has 4 nitrogen and oxygen atoms in total. The molecular formula is C21H22ClI2N3OS2. The van der Waals surface area contributed by atoms with E-state index < -0.39 is 0 Å². The summed E-state index contributed by atoms with van der Waals surface area (Å²) < 4.78 is 11.2. The Balaban J connectivity index is 1.74. The van der Waals surface area contributed by atoms with Crippen molar-refractivity contribution in [2.24, 2.45) is 0 Å². The Labute approximate surface area is 216 Å². The molecule has 1 fully saturated rings. The molecule has 30 heavy (non-hydrogen) atoms. The predicted molar refractivity (Wildman–Crippen MR) is 145 cm³/mol. The van der Waals surface area contributed by atoms with Crippen LogP contribution in [0.3, 0.4) is 0 Å². The van der Waals surface area contributed by atoms with E-state index >= 15 is 0 Å². The Morgan fingerprint density at radius 1 is 1.10 bits per heavy atom. The van der Waals surface area contributed by atoms with Crippen LogP contribution in [0, 0.1) is 0 Å². The van der Waals surface area contributed by atoms with E-state index in [2.05, 4.69) is 93.3 Å². The molecule has 0 radical (unpaired) electrons. The Bertz CT molecular complexity index is 905. The second kappa shape index (κ2) is 10.9. The number of ether oxygens (including phenoxy) is 1. The summed E-state index contributed by atoms with van der Waals surface area (Å²) in [6.45, 7) is 3.66. The normalized spacial score (nSPS) is 25.3. The van der Waals surface area contributed by atoms with E-state index in [0.29, 0.717) is 18.7 Å². The van der Waals surface area contributed by atoms with Crippen LogP contribution in [0.5, 0.6) is 0 Å². The third-order valence-corrected chi connectivity index (χ3v) is 10.0. The maximum Gasteiger partial charge on any atom is 0.1000 e. The van der Waals surface area contributed by atoms with Gasteiger partial charge in [0.05, 0.1) is 18.4 Å². The molecule has 0 aliphatic carbocycles. The number of nitrogens with zero attached hydrogens (tertiary/aromatic N) is 3. The summed E-state index contributed by atoms with van der Waals surface area (Å²) in [5, 5.41) is 0.792. The average molecular weight is 686 g/mol. The van der Waals surface area contributed by atoms with Gasteiger partial charge in [-0.3, -0.25) is 4.98 Å². The van der Waals surface area contributed by atoms with Crippen LogP contribution in [0.2, 0.25) is 5.02 Å². The lowest BCUT2D eigenvalue weighted by Gasteiger charge is -2.48. The van der Waals surface area contributed by atoms with E-state index in [1.54, 1.807) is 18.2 Å². The van der Waals surface area contributed by atoms with Crippen molar-refractivity contribution in [2.45, 2.75) is 37.9 Å². The molecule has 4 rings (SSSR count). The first-order chi connectivity index (χ1) is 14.7. The van der Waals surface area contributed by atoms with Gasteiger partial charge in [0.25, 0.3) is 0 Å². The van der Waals surface area contributed by atoms with Gasteiger partial charge >= 0.3 is 0 Å². The number of fused-ring (bicyclic) bond motifs is 1. The van der Waals surface area contributed by atoms with E-state index in [1.807, 2.05) is 18.5 Å². The van der Waals surface area contributed by atoms with Gasteiger partial charge in [-0.05, 0) is 67.0 Å². The van der Waals surface area contributed by atoms with Gasteiger partial charge in [-0.1, -0.05) is 23.7 Å². The maximum absolute atomic E-state index is 6.34. The van der Waals surface area contributed by atoms with Gasteiger partial charge in [-0.15, -0.1) is 0 Å². The molecule has 0 saturated carbocycles. The lowest BCUT2D eigenvalue weighted by molar-refractivity contribution is 0.129. The minimum atomic E-state index is 0.268. The number of hydrogen-bond donors (Lipinski definition) is 0. The number of pyridine rings is 1. The predicted octanol–water partition coefficient (Wildman–Crippen LogP) is 7.58. The summed E-state index contributed by atoms with van der Waals surface area (Å²) in [5.74, 6) is 1.16. The third kappa shape index (κ3) is 4.94. The number of piperidine rings is 1. The van der Waals surface area contributed by atoms with Crippen LogP contribution in [-0.2, 0) is 4.74 Å². The van der Waals surface area contributed by atoms with Crippen LogP contribution in [0.4, 0.5) is 0 Å². The van der Waals surface area contributed by atoms with Gasteiger partial charge in [0.15, 0.2) is 0 Å². The van der Waals surface area contributed by atoms with Gasteiger partial charge in [-0.2, -0.15) is 0 Å². The van der Waals surface area contributed by atoms with Gasteiger partial charge in [-0.25, -0.2) is 8.61 Å². The minimum Gasteiger partial charge on any atom is -0.498 e. The van der Waals surface area contributed by atoms with Crippen molar-refractivity contribution < 1.29 is 4.74 Å². The first-order valence-corrected chi connectivity index (χ1v) is 16.8. The van der Waals surface area contributed by atoms with Crippen LogP contribution in [0.1, 0.15) is 43.0 Å². The summed E-state index contributed by atoms with van der Waals surface area (Å²) in [6.07, 6.45) is 5.66. The summed E-state index contributed by atoms with van der Waals surface area (Å²) >= 11 is 11.2. The highest BCUT2D eigenvalue weighted by Crippen LogP contribution is 2.51. The number of rotatable bonds is 6. The quantitative estimate of drug-likeness (QED) is 0.230. The number of hydrogen-bond acceptors (Lipinski definition) is 6. The zero-order chi connectivity index (χ0) is 21.1. The van der Waals surface area contributed by atoms with Crippen molar-refractivity contribution in [1.82, 2.24) is 13.6 Å². The zero-order valence-corrected chi connectivity index (χ0v) is 23.1. The molecule has 3 atom stereocenters. The molecule has 2 aliphatic rings. The van der Waals surface area contributed by atoms with Crippen LogP contribution >= 0.6 is 72.3 Å². The lowest BCUT2D eigenvalue weighted by atomic mass is 9.84. The smallest absolute Gasteiger partial charge is 0.1000 e. The van der Waals surface area contributed by atoms with Gasteiger partial charge in [0.1, 0.15) is 0 Å². The lowest BCUT2D eigenvalue weighted by Crippen LogP contribution is -2.47. The van der Waals surface area contributed by atoms with Crippen LogP contribution < -0.4 is 0 Å². The maximum atomic E-state index is 6.34. The van der Waals surface area contributed by atoms with Crippen LogP contribution in [0.15, 0.2) is 60.1 Å². The molecule has 9 heteroatoms. The fraction of sp³-hybridized carbons (Fsp3) is 0.381. The first-order valence-electron chi connectivity index (χ1n) is 9.78. The first kappa shape index (κ1) is 23.4. The summed E-state index contributed by atoms with van der Waals surface area (Å²) in [7, 11) is 3.58. The van der Waals surface area contributed by atoms with E-state index in [9.17, 15) is 0 Å². The highest BCUT2D eigenvalue weighted by Gasteiger charge is 2.44. The highest BCUT2D eigenvalue weighted by atomic mass is 127. The van der Waals surface area contributed by atoms with Gasteiger partial charge < -0.3 is 4.74 Å². The molecule has 1 saturated heterocycles.